The Morgan fingerprint density at radius 2 is 2.04 bits per heavy atom. The molecule has 3 aromatic rings. The molecule has 1 amide bonds. The lowest BCUT2D eigenvalue weighted by Crippen LogP contribution is -2.20. The third kappa shape index (κ3) is 2.39. The Labute approximate surface area is 146 Å². The molecule has 0 bridgehead atoms. The number of benzene rings is 1. The first kappa shape index (κ1) is 14.6. The molecule has 1 aromatic carbocycles. The fourth-order valence-electron chi connectivity index (χ4n) is 2.62. The lowest BCUT2D eigenvalue weighted by Gasteiger charge is -2.03. The lowest BCUT2D eigenvalue weighted by molar-refractivity contribution is 0.0955. The number of rotatable bonds is 2. The molecular weight excluding hydrogens is 370 g/mol. The molecule has 0 radical (unpaired) electrons. The van der Waals surface area contributed by atoms with E-state index in [1.165, 1.54) is 0 Å². The third-order valence-corrected chi connectivity index (χ3v) is 4.18. The summed E-state index contributed by atoms with van der Waals surface area (Å²) < 4.78 is 2.79. The van der Waals surface area contributed by atoms with Crippen LogP contribution >= 0.6 is 15.9 Å². The fourth-order valence-corrected chi connectivity index (χ4v) is 2.95. The number of carbonyl (C=O) groups excluding carboxylic acids is 1. The van der Waals surface area contributed by atoms with Gasteiger partial charge in [0, 0.05) is 33.7 Å². The van der Waals surface area contributed by atoms with Gasteiger partial charge in [0.25, 0.3) is 5.91 Å². The van der Waals surface area contributed by atoms with Crippen LogP contribution in [0.5, 0.6) is 0 Å². The number of fused-ring (bicyclic) bond motifs is 3. The van der Waals surface area contributed by atoms with Gasteiger partial charge in [-0.05, 0) is 58.4 Å². The van der Waals surface area contributed by atoms with Crippen molar-refractivity contribution in [2.75, 3.05) is 5.73 Å². The van der Waals surface area contributed by atoms with E-state index in [1.807, 2.05) is 29.0 Å². The Balaban J connectivity index is 1.69. The van der Waals surface area contributed by atoms with Crippen LogP contribution in [0.25, 0.3) is 5.82 Å². The van der Waals surface area contributed by atoms with Crippen LogP contribution in [0.1, 0.15) is 21.6 Å². The van der Waals surface area contributed by atoms with Crippen LogP contribution in [0.4, 0.5) is 5.69 Å². The van der Waals surface area contributed by atoms with Crippen LogP contribution in [0.15, 0.2) is 64.4 Å². The van der Waals surface area contributed by atoms with Crippen LogP contribution in [0, 0.1) is 0 Å². The molecule has 4 rings (SSSR count). The smallest absolute Gasteiger partial charge is 0.271 e. The third-order valence-electron chi connectivity index (χ3n) is 3.75. The second-order valence-electron chi connectivity index (χ2n) is 5.31. The van der Waals surface area contributed by atoms with Gasteiger partial charge >= 0.3 is 0 Å². The number of nitrogens with two attached hydrogens (primary N) is 1. The summed E-state index contributed by atoms with van der Waals surface area (Å²) in [7, 11) is 0. The number of anilines is 1. The van der Waals surface area contributed by atoms with Crippen molar-refractivity contribution in [3.05, 3.63) is 76.2 Å². The summed E-state index contributed by atoms with van der Waals surface area (Å²) >= 11 is 3.42. The highest BCUT2D eigenvalue weighted by atomic mass is 79.9. The van der Waals surface area contributed by atoms with Crippen LogP contribution in [0.2, 0.25) is 0 Å². The molecule has 0 unspecified atom stereocenters. The number of nitrogen functional groups attached to an aromatic ring is 1. The summed E-state index contributed by atoms with van der Waals surface area (Å²) in [5, 5.41) is 4.32. The van der Waals surface area contributed by atoms with E-state index in [4.69, 9.17) is 5.73 Å². The summed E-state index contributed by atoms with van der Waals surface area (Å²) in [6, 6.07) is 12.5. The minimum absolute atomic E-state index is 0.294. The Bertz CT molecular complexity index is 975. The molecule has 24 heavy (non-hydrogen) atoms. The van der Waals surface area contributed by atoms with Gasteiger partial charge in [0.1, 0.15) is 11.5 Å². The quantitative estimate of drug-likeness (QED) is 0.413. The van der Waals surface area contributed by atoms with Crippen molar-refractivity contribution in [1.82, 2.24) is 15.0 Å². The lowest BCUT2D eigenvalue weighted by atomic mass is 10.1. The Morgan fingerprint density at radius 1 is 1.25 bits per heavy atom. The monoisotopic (exact) mass is 381 g/mol. The zero-order valence-corrected chi connectivity index (χ0v) is 14.0. The SMILES string of the molecule is Nc1ccc(C(=O)N/N=C2/c3cc(Br)cnc3-n3cccc32)cc1. The summed E-state index contributed by atoms with van der Waals surface area (Å²) in [6.45, 7) is 0. The van der Waals surface area contributed by atoms with E-state index < -0.39 is 0 Å². The molecule has 0 aliphatic carbocycles. The number of carbonyl (C=O) groups is 1. The minimum atomic E-state index is -0.294. The predicted octanol–water partition coefficient (Wildman–Crippen LogP) is 2.71. The van der Waals surface area contributed by atoms with Crippen molar-refractivity contribution >= 4 is 33.2 Å². The van der Waals surface area contributed by atoms with Gasteiger partial charge in [0.2, 0.25) is 0 Å². The number of halogens is 1. The first-order valence-corrected chi connectivity index (χ1v) is 8.00. The first-order valence-electron chi connectivity index (χ1n) is 7.21. The van der Waals surface area contributed by atoms with Gasteiger partial charge in [-0.2, -0.15) is 5.10 Å². The highest BCUT2D eigenvalue weighted by Crippen LogP contribution is 2.28. The van der Waals surface area contributed by atoms with Gasteiger partial charge in [-0.3, -0.25) is 9.36 Å². The molecule has 1 aliphatic heterocycles. The number of aromatic nitrogens is 2. The van der Waals surface area contributed by atoms with Crippen LogP contribution in [0.3, 0.4) is 0 Å². The largest absolute Gasteiger partial charge is 0.399 e. The van der Waals surface area contributed by atoms with E-state index >= 15 is 0 Å². The molecule has 2 aromatic heterocycles. The fraction of sp³-hybridized carbons (Fsp3) is 0. The van der Waals surface area contributed by atoms with Crippen molar-refractivity contribution in [1.29, 1.82) is 0 Å². The number of nitrogens with zero attached hydrogens (tertiary/aromatic N) is 3. The van der Waals surface area contributed by atoms with E-state index in [0.29, 0.717) is 17.0 Å². The van der Waals surface area contributed by atoms with E-state index in [1.54, 1.807) is 30.5 Å². The van der Waals surface area contributed by atoms with Crippen molar-refractivity contribution in [3.8, 4) is 5.82 Å². The maximum atomic E-state index is 12.3. The van der Waals surface area contributed by atoms with Crippen molar-refractivity contribution < 1.29 is 4.79 Å². The normalized spacial score (nSPS) is 13.6. The number of hydrazone groups is 1. The van der Waals surface area contributed by atoms with Crippen LogP contribution in [-0.2, 0) is 0 Å². The Kier molecular flexibility index (Phi) is 3.42. The van der Waals surface area contributed by atoms with Crippen molar-refractivity contribution in [2.24, 2.45) is 5.10 Å². The second-order valence-corrected chi connectivity index (χ2v) is 6.23. The van der Waals surface area contributed by atoms with Crippen molar-refractivity contribution in [2.45, 2.75) is 0 Å². The second kappa shape index (κ2) is 5.61. The molecule has 3 heterocycles. The van der Waals surface area contributed by atoms with Crippen molar-refractivity contribution in [3.63, 3.8) is 0 Å². The number of nitrogens with one attached hydrogen (secondary N) is 1. The van der Waals surface area contributed by atoms with Gasteiger partial charge in [-0.1, -0.05) is 0 Å². The summed E-state index contributed by atoms with van der Waals surface area (Å²) in [4.78, 5) is 16.7. The zero-order valence-electron chi connectivity index (χ0n) is 12.4. The average molecular weight is 382 g/mol. The highest BCUT2D eigenvalue weighted by molar-refractivity contribution is 9.10. The predicted molar refractivity (Wildman–Crippen MR) is 95.2 cm³/mol. The summed E-state index contributed by atoms with van der Waals surface area (Å²) in [5.41, 5.74) is 11.8. The highest BCUT2D eigenvalue weighted by Gasteiger charge is 2.26. The van der Waals surface area contributed by atoms with Gasteiger partial charge in [0.05, 0.1) is 5.69 Å². The standard InChI is InChI=1S/C17H12BrN5O/c18-11-8-13-15(14-2-1-7-23(14)16(13)20-9-11)21-22-17(24)10-3-5-12(19)6-4-10/h1-9H,19H2,(H,22,24)/b21-15-. The number of hydrogen-bond acceptors (Lipinski definition) is 4. The van der Waals surface area contributed by atoms with E-state index in [0.717, 1.165) is 21.5 Å². The molecule has 3 N–H and O–H groups in total. The molecule has 0 fully saturated rings. The van der Waals surface area contributed by atoms with Crippen LogP contribution < -0.4 is 11.2 Å². The Hall–Kier alpha value is -2.93. The molecule has 0 atom stereocenters. The average Bonchev–Trinajstić information content (AvgIpc) is 3.14. The van der Waals surface area contributed by atoms with Gasteiger partial charge in [0.15, 0.2) is 0 Å². The molecule has 118 valence electrons. The molecular formula is C17H12BrN5O. The topological polar surface area (TPSA) is 85.3 Å². The van der Waals surface area contributed by atoms with E-state index in [2.05, 4.69) is 31.4 Å². The molecule has 0 spiro atoms. The van der Waals surface area contributed by atoms with Gasteiger partial charge in [-0.25, -0.2) is 10.4 Å². The number of pyridine rings is 1. The maximum absolute atomic E-state index is 12.3. The molecule has 6 nitrogen and oxygen atoms in total. The van der Waals surface area contributed by atoms with Crippen LogP contribution in [-0.4, -0.2) is 21.2 Å². The zero-order chi connectivity index (χ0) is 16.7. The maximum Gasteiger partial charge on any atom is 0.271 e. The molecule has 0 saturated carbocycles. The number of hydrogen-bond donors (Lipinski definition) is 2. The molecule has 1 aliphatic rings. The Morgan fingerprint density at radius 3 is 2.83 bits per heavy atom. The molecule has 0 saturated heterocycles. The van der Waals surface area contributed by atoms with Gasteiger partial charge in [-0.15, -0.1) is 0 Å². The number of amides is 1. The summed E-state index contributed by atoms with van der Waals surface area (Å²) in [5.74, 6) is 0.496. The molecule has 7 heteroatoms. The summed E-state index contributed by atoms with van der Waals surface area (Å²) in [6.07, 6.45) is 3.65. The van der Waals surface area contributed by atoms with E-state index in [-0.39, 0.29) is 5.91 Å². The van der Waals surface area contributed by atoms with E-state index in [9.17, 15) is 4.79 Å². The first-order chi connectivity index (χ1) is 11.6. The van der Waals surface area contributed by atoms with Gasteiger partial charge < -0.3 is 5.73 Å². The minimum Gasteiger partial charge on any atom is -0.399 e.